The average Bonchev–Trinajstić information content (AvgIpc) is 3.63. The fraction of sp³-hybridized carbons (Fsp3) is 0.160. The predicted octanol–water partition coefficient (Wildman–Crippen LogP) is 10.6. The minimum atomic E-state index is -0.0956. The van der Waals surface area contributed by atoms with Crippen molar-refractivity contribution >= 4 is 44.8 Å². The molecule has 0 amide bonds. The molecule has 0 radical (unpaired) electrons. The Kier molecular flexibility index (Phi) is 5.94. The van der Waals surface area contributed by atoms with Gasteiger partial charge >= 0.3 is 0 Å². The van der Waals surface area contributed by atoms with Crippen molar-refractivity contribution < 1.29 is 0 Å². The maximum absolute atomic E-state index is 2.63. The van der Waals surface area contributed by atoms with Crippen LogP contribution in [-0.4, -0.2) is 10.6 Å². The largest absolute Gasteiger partial charge is 0.334 e. The molecular formula is C50H40N2. The number of aromatic nitrogens is 1. The van der Waals surface area contributed by atoms with Gasteiger partial charge in [0.05, 0.1) is 22.8 Å². The Balaban J connectivity index is 1.18. The van der Waals surface area contributed by atoms with Crippen LogP contribution in [-0.2, 0) is 10.8 Å². The molecule has 0 bridgehead atoms. The molecule has 2 nitrogen and oxygen atoms in total. The highest BCUT2D eigenvalue weighted by Crippen LogP contribution is 2.52. The number of hydrogen-bond acceptors (Lipinski definition) is 1. The van der Waals surface area contributed by atoms with Crippen LogP contribution in [0.1, 0.15) is 49.9 Å². The number of anilines is 2. The fourth-order valence-electron chi connectivity index (χ4n) is 10.2. The van der Waals surface area contributed by atoms with E-state index in [4.69, 9.17) is 0 Å². The van der Waals surface area contributed by atoms with Crippen molar-refractivity contribution in [2.24, 2.45) is 5.92 Å². The maximum Gasteiger partial charge on any atom is 0.0634 e. The quantitative estimate of drug-likeness (QED) is 0.182. The zero-order valence-electron chi connectivity index (χ0n) is 30.1. The first-order valence-corrected chi connectivity index (χ1v) is 18.7. The van der Waals surface area contributed by atoms with Crippen molar-refractivity contribution in [1.29, 1.82) is 0 Å². The highest BCUT2D eigenvalue weighted by Gasteiger charge is 2.38. The first-order chi connectivity index (χ1) is 25.3. The van der Waals surface area contributed by atoms with Crippen LogP contribution in [0.4, 0.5) is 11.4 Å². The highest BCUT2D eigenvalue weighted by atomic mass is 15.2. The number of fused-ring (bicyclic) bond motifs is 10. The molecule has 0 saturated carbocycles. The molecule has 3 aliphatic carbocycles. The lowest BCUT2D eigenvalue weighted by molar-refractivity contribution is 0.630. The van der Waals surface area contributed by atoms with E-state index in [1.54, 1.807) is 0 Å². The molecule has 1 aromatic heterocycles. The molecule has 2 unspecified atom stereocenters. The molecule has 4 aliphatic rings. The van der Waals surface area contributed by atoms with Crippen LogP contribution < -0.4 is 15.3 Å². The summed E-state index contributed by atoms with van der Waals surface area (Å²) in [5.41, 5.74) is 15.8. The van der Waals surface area contributed by atoms with Crippen LogP contribution in [0.25, 0.3) is 50.3 Å². The Morgan fingerprint density at radius 2 is 1.29 bits per heavy atom. The lowest BCUT2D eigenvalue weighted by Gasteiger charge is -2.39. The van der Waals surface area contributed by atoms with Gasteiger partial charge in [0.15, 0.2) is 0 Å². The van der Waals surface area contributed by atoms with Crippen LogP contribution in [0, 0.1) is 5.92 Å². The van der Waals surface area contributed by atoms with Crippen molar-refractivity contribution in [3.05, 3.63) is 184 Å². The molecule has 2 heterocycles. The summed E-state index contributed by atoms with van der Waals surface area (Å²) in [7, 11) is 0. The number of nitrogens with zero attached hydrogens (tertiary/aromatic N) is 2. The van der Waals surface area contributed by atoms with E-state index in [-0.39, 0.29) is 22.8 Å². The average molecular weight is 669 g/mol. The van der Waals surface area contributed by atoms with Crippen LogP contribution in [0.5, 0.6) is 0 Å². The predicted molar refractivity (Wildman–Crippen MR) is 218 cm³/mol. The zero-order valence-corrected chi connectivity index (χ0v) is 30.1. The van der Waals surface area contributed by atoms with Crippen molar-refractivity contribution in [2.45, 2.75) is 44.6 Å². The van der Waals surface area contributed by atoms with Crippen molar-refractivity contribution in [2.75, 3.05) is 4.90 Å². The first-order valence-electron chi connectivity index (χ1n) is 18.7. The van der Waals surface area contributed by atoms with Gasteiger partial charge < -0.3 is 9.47 Å². The summed E-state index contributed by atoms with van der Waals surface area (Å²) in [6.45, 7) is 9.52. The van der Waals surface area contributed by atoms with Gasteiger partial charge in [-0.25, -0.2) is 0 Å². The summed E-state index contributed by atoms with van der Waals surface area (Å²) in [5, 5.41) is 5.23. The summed E-state index contributed by atoms with van der Waals surface area (Å²) in [4.78, 5) is 2.63. The third-order valence-electron chi connectivity index (χ3n) is 12.7. The van der Waals surface area contributed by atoms with Gasteiger partial charge in [0.1, 0.15) is 0 Å². The van der Waals surface area contributed by atoms with Gasteiger partial charge in [-0.05, 0) is 85.8 Å². The molecule has 6 aromatic carbocycles. The Labute approximate surface area is 305 Å². The van der Waals surface area contributed by atoms with Crippen molar-refractivity contribution in [3.63, 3.8) is 0 Å². The van der Waals surface area contributed by atoms with Gasteiger partial charge in [0, 0.05) is 38.9 Å². The molecule has 52 heavy (non-hydrogen) atoms. The number of rotatable bonds is 3. The number of hydrogen-bond donors (Lipinski definition) is 0. The molecular weight excluding hydrogens is 629 g/mol. The number of benzene rings is 6. The molecule has 0 spiro atoms. The first kappa shape index (κ1) is 29.8. The molecule has 250 valence electrons. The summed E-state index contributed by atoms with van der Waals surface area (Å²) in [6.07, 6.45) is 11.7. The summed E-state index contributed by atoms with van der Waals surface area (Å²) in [5.74, 6) is 0.205. The van der Waals surface area contributed by atoms with Crippen LogP contribution in [0.3, 0.4) is 0 Å². The van der Waals surface area contributed by atoms with Gasteiger partial charge in [0.2, 0.25) is 0 Å². The van der Waals surface area contributed by atoms with E-state index in [9.17, 15) is 0 Å². The van der Waals surface area contributed by atoms with Crippen LogP contribution in [0.15, 0.2) is 152 Å². The van der Waals surface area contributed by atoms with E-state index in [2.05, 4.69) is 195 Å². The highest BCUT2D eigenvalue weighted by molar-refractivity contribution is 6.12. The molecule has 2 heteroatoms. The van der Waals surface area contributed by atoms with E-state index < -0.39 is 0 Å². The van der Waals surface area contributed by atoms with Crippen molar-refractivity contribution in [1.82, 2.24) is 4.57 Å². The third kappa shape index (κ3) is 3.85. The summed E-state index contributed by atoms with van der Waals surface area (Å²) < 4.78 is 2.52. The normalized spacial score (nSPS) is 19.4. The standard InChI is InChI=1S/C50H40N2/c1-49(2)41-20-10-9-17-36(41)37-26-24-33(30-44(37)49)51(47-28-31-14-5-6-15-34(31)35-16-7-8-18-38(35)47)32-25-27-45-40(29-32)39-19-13-22-43-48(39)52(45)46-23-12-11-21-42(46)50(43,3)4/h5-30,38,47H,1-4H3. The Morgan fingerprint density at radius 1 is 0.577 bits per heavy atom. The van der Waals surface area contributed by atoms with Gasteiger partial charge in [-0.2, -0.15) is 0 Å². The number of allylic oxidation sites excluding steroid dienone is 3. The van der Waals surface area contributed by atoms with Gasteiger partial charge in [-0.1, -0.05) is 149 Å². The Morgan fingerprint density at radius 3 is 2.19 bits per heavy atom. The SMILES string of the molecule is CC1(C)c2ccccc2-c2ccc(N(c3ccc4c(c3)c3cccc5c3n4-c3ccccc3C5(C)C)C3C=c4ccccc4=C4C=CC=CC43)cc21. The van der Waals surface area contributed by atoms with E-state index in [0.717, 1.165) is 0 Å². The van der Waals surface area contributed by atoms with Gasteiger partial charge in [0.25, 0.3) is 0 Å². The molecule has 2 atom stereocenters. The van der Waals surface area contributed by atoms with E-state index in [1.165, 1.54) is 88.3 Å². The monoisotopic (exact) mass is 668 g/mol. The topological polar surface area (TPSA) is 8.17 Å². The molecule has 11 rings (SSSR count). The maximum atomic E-state index is 2.63. The summed E-state index contributed by atoms with van der Waals surface area (Å²) in [6, 6.07) is 48.3. The van der Waals surface area contributed by atoms with Crippen LogP contribution in [0.2, 0.25) is 0 Å². The second kappa shape index (κ2) is 10.4. The zero-order chi connectivity index (χ0) is 34.9. The second-order valence-corrected chi connectivity index (χ2v) is 16.1. The summed E-state index contributed by atoms with van der Waals surface area (Å²) >= 11 is 0. The third-order valence-corrected chi connectivity index (χ3v) is 12.7. The Hall–Kier alpha value is -5.86. The van der Waals surface area contributed by atoms with E-state index >= 15 is 0 Å². The van der Waals surface area contributed by atoms with Crippen molar-refractivity contribution in [3.8, 4) is 16.8 Å². The van der Waals surface area contributed by atoms with E-state index in [0.29, 0.717) is 0 Å². The molecule has 0 saturated heterocycles. The van der Waals surface area contributed by atoms with Crippen LogP contribution >= 0.6 is 0 Å². The second-order valence-electron chi connectivity index (χ2n) is 16.1. The number of para-hydroxylation sites is 2. The Bertz CT molecular complexity index is 2870. The van der Waals surface area contributed by atoms with E-state index in [1.807, 2.05) is 0 Å². The smallest absolute Gasteiger partial charge is 0.0634 e. The van der Waals surface area contributed by atoms with Gasteiger partial charge in [-0.15, -0.1) is 0 Å². The lowest BCUT2D eigenvalue weighted by Crippen LogP contribution is -2.45. The molecule has 7 aromatic rings. The molecule has 0 fully saturated rings. The molecule has 1 aliphatic heterocycles. The fourth-order valence-corrected chi connectivity index (χ4v) is 10.2. The lowest BCUT2D eigenvalue weighted by atomic mass is 9.75. The minimum Gasteiger partial charge on any atom is -0.334 e. The minimum absolute atomic E-state index is 0.0766. The molecule has 0 N–H and O–H groups in total. The van der Waals surface area contributed by atoms with Gasteiger partial charge in [-0.3, -0.25) is 0 Å².